The average molecular weight is 193 g/mol. The van der Waals surface area contributed by atoms with E-state index in [4.69, 9.17) is 0 Å². The second-order valence-electron chi connectivity index (χ2n) is 6.99. The van der Waals surface area contributed by atoms with E-state index < -0.39 is 0 Å². The lowest BCUT2D eigenvalue weighted by molar-refractivity contribution is -0.179. The van der Waals surface area contributed by atoms with E-state index in [1.807, 2.05) is 0 Å². The Kier molecular flexibility index (Phi) is 1.45. The first kappa shape index (κ1) is 9.21. The molecule has 4 aliphatic carbocycles. The molecule has 1 heteroatoms. The van der Waals surface area contributed by atoms with E-state index in [2.05, 4.69) is 20.8 Å². The van der Waals surface area contributed by atoms with Crippen LogP contribution in [0.25, 0.3) is 0 Å². The van der Waals surface area contributed by atoms with Gasteiger partial charge in [0, 0.05) is 0 Å². The first-order chi connectivity index (χ1) is 6.34. The largest absolute Gasteiger partial charge is 0.390 e. The van der Waals surface area contributed by atoms with Gasteiger partial charge >= 0.3 is 0 Å². The van der Waals surface area contributed by atoms with E-state index in [0.717, 1.165) is 12.8 Å². The van der Waals surface area contributed by atoms with Gasteiger partial charge in [0.05, 0.1) is 5.60 Å². The van der Waals surface area contributed by atoms with Gasteiger partial charge in [0.2, 0.25) is 0 Å². The summed E-state index contributed by atoms with van der Waals surface area (Å²) in [6, 6.07) is 0. The summed E-state index contributed by atoms with van der Waals surface area (Å²) in [5.41, 5.74) is 0.483. The van der Waals surface area contributed by atoms with Gasteiger partial charge in [-0.2, -0.15) is 0 Å². The van der Waals surface area contributed by atoms with Gasteiger partial charge < -0.3 is 5.11 Å². The smallest absolute Gasteiger partial charge is 0.0689 e. The molecule has 0 amide bonds. The van der Waals surface area contributed by atoms with Gasteiger partial charge in [-0.05, 0) is 54.8 Å². The zero-order valence-corrected chi connectivity index (χ0v) is 9.56. The van der Waals surface area contributed by atoms with E-state index in [1.54, 1.807) is 5.92 Å². The molecule has 1 nitrogen and oxygen atoms in total. The van der Waals surface area contributed by atoms with Crippen LogP contribution >= 0.6 is 0 Å². The van der Waals surface area contributed by atoms with Crippen LogP contribution in [0.4, 0.5) is 0 Å². The Morgan fingerprint density at radius 3 is 2.00 bits per heavy atom. The highest BCUT2D eigenvalue weighted by Crippen LogP contribution is 2.68. The molecular weight excluding hydrogens is 172 g/mol. The molecule has 3 atom stereocenters. The molecule has 4 fully saturated rings. The highest BCUT2D eigenvalue weighted by Gasteiger charge is 2.62. The number of aliphatic hydroxyl groups is 1. The minimum Gasteiger partial charge on any atom is -0.390 e. The van der Waals surface area contributed by atoms with Gasteiger partial charge in [0.1, 0.15) is 0 Å². The standard InChI is InChI=1S/C13H21O/c1-9-10-4-11(2)6-12(3,5-10)8-13(9,14)7-11/h9,14H,4-8H2,1-3H3. The van der Waals surface area contributed by atoms with Crippen LogP contribution in [0.3, 0.4) is 0 Å². The number of hydrogen-bond donors (Lipinski definition) is 1. The van der Waals surface area contributed by atoms with Crippen molar-refractivity contribution in [2.45, 2.75) is 58.5 Å². The first-order valence-electron chi connectivity index (χ1n) is 5.91. The molecule has 4 bridgehead atoms. The third-order valence-electron chi connectivity index (χ3n) is 5.05. The summed E-state index contributed by atoms with van der Waals surface area (Å²) in [6.45, 7) is 6.99. The topological polar surface area (TPSA) is 20.2 Å². The Morgan fingerprint density at radius 2 is 1.57 bits per heavy atom. The van der Waals surface area contributed by atoms with Crippen molar-refractivity contribution < 1.29 is 5.11 Å². The summed E-state index contributed by atoms with van der Waals surface area (Å²) in [5, 5.41) is 10.7. The normalized spacial score (nSPS) is 62.1. The Bertz CT molecular complexity index is 265. The molecule has 3 unspecified atom stereocenters. The molecule has 4 aliphatic rings. The maximum absolute atomic E-state index is 10.7. The number of rotatable bonds is 0. The predicted molar refractivity (Wildman–Crippen MR) is 56.7 cm³/mol. The van der Waals surface area contributed by atoms with Crippen LogP contribution < -0.4 is 0 Å². The summed E-state index contributed by atoms with van der Waals surface area (Å²) in [5.74, 6) is 2.12. The maximum Gasteiger partial charge on any atom is 0.0689 e. The Labute approximate surface area is 86.9 Å². The summed E-state index contributed by atoms with van der Waals surface area (Å²) < 4.78 is 0. The van der Waals surface area contributed by atoms with Crippen molar-refractivity contribution in [3.8, 4) is 0 Å². The minimum atomic E-state index is -0.354. The quantitative estimate of drug-likeness (QED) is 0.627. The molecular formula is C13H21O. The van der Waals surface area contributed by atoms with Crippen molar-refractivity contribution in [2.75, 3.05) is 0 Å². The molecule has 1 N–H and O–H groups in total. The molecule has 0 saturated heterocycles. The van der Waals surface area contributed by atoms with Crippen LogP contribution in [-0.4, -0.2) is 10.7 Å². The van der Waals surface area contributed by atoms with E-state index in [9.17, 15) is 5.11 Å². The third kappa shape index (κ3) is 0.997. The van der Waals surface area contributed by atoms with Crippen molar-refractivity contribution in [1.29, 1.82) is 0 Å². The monoisotopic (exact) mass is 193 g/mol. The molecule has 4 rings (SSSR count). The fourth-order valence-corrected chi connectivity index (χ4v) is 5.10. The molecule has 79 valence electrons. The van der Waals surface area contributed by atoms with Crippen LogP contribution in [0.5, 0.6) is 0 Å². The summed E-state index contributed by atoms with van der Waals surface area (Å²) in [4.78, 5) is 0. The lowest BCUT2D eigenvalue weighted by Crippen LogP contribution is -2.62. The first-order valence-corrected chi connectivity index (χ1v) is 5.91. The van der Waals surface area contributed by atoms with Crippen LogP contribution in [0, 0.1) is 22.7 Å². The van der Waals surface area contributed by atoms with Crippen molar-refractivity contribution in [3.63, 3.8) is 0 Å². The van der Waals surface area contributed by atoms with Crippen LogP contribution in [-0.2, 0) is 0 Å². The van der Waals surface area contributed by atoms with Crippen LogP contribution in [0.1, 0.15) is 52.9 Å². The van der Waals surface area contributed by atoms with Gasteiger partial charge in [-0.3, -0.25) is 0 Å². The molecule has 1 radical (unpaired) electrons. The van der Waals surface area contributed by atoms with Gasteiger partial charge in [-0.1, -0.05) is 20.8 Å². The number of hydrogen-bond acceptors (Lipinski definition) is 1. The third-order valence-corrected chi connectivity index (χ3v) is 5.05. The van der Waals surface area contributed by atoms with Gasteiger partial charge in [-0.25, -0.2) is 0 Å². The van der Waals surface area contributed by atoms with Crippen molar-refractivity contribution in [2.24, 2.45) is 16.7 Å². The lowest BCUT2D eigenvalue weighted by atomic mass is 9.41. The molecule has 4 saturated carbocycles. The Hall–Kier alpha value is -0.0400. The summed E-state index contributed by atoms with van der Waals surface area (Å²) in [7, 11) is 0. The van der Waals surface area contributed by atoms with E-state index in [-0.39, 0.29) is 5.60 Å². The highest BCUT2D eigenvalue weighted by atomic mass is 16.3. The molecule has 0 heterocycles. The second-order valence-corrected chi connectivity index (χ2v) is 6.99. The lowest BCUT2D eigenvalue weighted by Gasteiger charge is -2.66. The fraction of sp³-hybridized carbons (Fsp3) is 0.923. The second kappa shape index (κ2) is 2.21. The molecule has 14 heavy (non-hydrogen) atoms. The highest BCUT2D eigenvalue weighted by molar-refractivity contribution is 5.24. The van der Waals surface area contributed by atoms with Crippen LogP contribution in [0.15, 0.2) is 0 Å². The minimum absolute atomic E-state index is 0.354. The molecule has 0 aliphatic heterocycles. The van der Waals surface area contributed by atoms with E-state index in [0.29, 0.717) is 16.7 Å². The van der Waals surface area contributed by atoms with Gasteiger partial charge in [0.15, 0.2) is 0 Å². The summed E-state index contributed by atoms with van der Waals surface area (Å²) >= 11 is 0. The maximum atomic E-state index is 10.7. The SMILES string of the molecule is CC1[C]2CC3(C)CC(C)(C2)CC1(O)C3. The van der Waals surface area contributed by atoms with E-state index >= 15 is 0 Å². The Morgan fingerprint density at radius 1 is 1.07 bits per heavy atom. The molecule has 0 aromatic heterocycles. The zero-order valence-electron chi connectivity index (χ0n) is 9.56. The average Bonchev–Trinajstić information content (AvgIpc) is 1.94. The van der Waals surface area contributed by atoms with Crippen molar-refractivity contribution >= 4 is 0 Å². The van der Waals surface area contributed by atoms with Gasteiger partial charge in [0.25, 0.3) is 0 Å². The zero-order chi connectivity index (χ0) is 10.2. The predicted octanol–water partition coefficient (Wildman–Crippen LogP) is 2.93. The van der Waals surface area contributed by atoms with Crippen molar-refractivity contribution in [1.82, 2.24) is 0 Å². The molecule has 0 aromatic rings. The fourth-order valence-electron chi connectivity index (χ4n) is 5.10. The molecule has 0 aromatic carbocycles. The van der Waals surface area contributed by atoms with Crippen molar-refractivity contribution in [3.05, 3.63) is 5.92 Å². The van der Waals surface area contributed by atoms with Gasteiger partial charge in [-0.15, -0.1) is 0 Å². The molecule has 0 spiro atoms. The van der Waals surface area contributed by atoms with Crippen LogP contribution in [0.2, 0.25) is 0 Å². The Balaban J connectivity index is 2.06. The van der Waals surface area contributed by atoms with E-state index in [1.165, 1.54) is 19.3 Å². The summed E-state index contributed by atoms with van der Waals surface area (Å²) in [6.07, 6.45) is 5.98.